The first-order valence-electron chi connectivity index (χ1n) is 9.96. The Labute approximate surface area is 193 Å². The van der Waals surface area contributed by atoms with Gasteiger partial charge in [0, 0.05) is 0 Å². The Morgan fingerprint density at radius 3 is 2.35 bits per heavy atom. The molecule has 1 heterocycles. The maximum absolute atomic E-state index is 13.0. The lowest BCUT2D eigenvalue weighted by Gasteiger charge is -2.26. The predicted octanol–water partition coefficient (Wildman–Crippen LogP) is 2.00. The van der Waals surface area contributed by atoms with E-state index < -0.39 is 36.4 Å². The molecule has 3 rings (SSSR count). The van der Waals surface area contributed by atoms with Gasteiger partial charge in [-0.3, -0.25) is 14.9 Å². The molecule has 11 nitrogen and oxygen atoms in total. The number of hydrogen-bond acceptors (Lipinski definition) is 8. The van der Waals surface area contributed by atoms with Crippen LogP contribution in [-0.2, 0) is 19.1 Å². The number of carboxylic acid groups (broad SMARTS) is 1. The third-order valence-corrected chi connectivity index (χ3v) is 4.58. The Kier molecular flexibility index (Phi) is 7.26. The van der Waals surface area contributed by atoms with Crippen molar-refractivity contribution in [1.29, 1.82) is 0 Å². The second-order valence-corrected chi connectivity index (χ2v) is 6.82. The fourth-order valence-electron chi connectivity index (χ4n) is 3.06. The maximum Gasteiger partial charge on any atom is 0.341 e. The zero-order chi connectivity index (χ0) is 24.8. The van der Waals surface area contributed by atoms with Crippen LogP contribution in [0.2, 0.25) is 0 Å². The second-order valence-electron chi connectivity index (χ2n) is 6.82. The molecule has 0 radical (unpaired) electrons. The van der Waals surface area contributed by atoms with Gasteiger partial charge in [0.1, 0.15) is 5.57 Å². The molecule has 1 aliphatic heterocycles. The standard InChI is InChI=1S/C23H20N2O9/c1-3-33-18-11-13(4-9-17(18)34-12-19(26)27)10-16-20(28)24-23(31)25(21(16)29)15-7-5-14(6-8-15)22(30)32-2/h4-11H,3,12H2,1-2H3,(H,26,27)(H,24,28,31)/b16-10-. The van der Waals surface area contributed by atoms with E-state index in [1.54, 1.807) is 6.92 Å². The fraction of sp³-hybridized carbons (Fsp3) is 0.174. The summed E-state index contributed by atoms with van der Waals surface area (Å²) in [7, 11) is 1.22. The zero-order valence-corrected chi connectivity index (χ0v) is 18.2. The first kappa shape index (κ1) is 24.0. The number of barbiturate groups is 1. The van der Waals surface area contributed by atoms with Gasteiger partial charge >= 0.3 is 18.0 Å². The number of benzene rings is 2. The number of nitrogens with one attached hydrogen (secondary N) is 1. The van der Waals surface area contributed by atoms with Crippen LogP contribution in [0.3, 0.4) is 0 Å². The summed E-state index contributed by atoms with van der Waals surface area (Å²) in [6.45, 7) is 1.40. The van der Waals surface area contributed by atoms with E-state index in [2.05, 4.69) is 10.1 Å². The van der Waals surface area contributed by atoms with E-state index in [1.807, 2.05) is 0 Å². The molecule has 0 unspecified atom stereocenters. The van der Waals surface area contributed by atoms with Crippen LogP contribution in [0, 0.1) is 0 Å². The van der Waals surface area contributed by atoms with Crippen LogP contribution in [0.25, 0.3) is 6.08 Å². The average molecular weight is 468 g/mol. The smallest absolute Gasteiger partial charge is 0.341 e. The van der Waals surface area contributed by atoms with Crippen LogP contribution in [0.5, 0.6) is 11.5 Å². The van der Waals surface area contributed by atoms with Crippen molar-refractivity contribution in [3.63, 3.8) is 0 Å². The Morgan fingerprint density at radius 2 is 1.74 bits per heavy atom. The Bertz CT molecular complexity index is 1190. The summed E-state index contributed by atoms with van der Waals surface area (Å²) >= 11 is 0. The summed E-state index contributed by atoms with van der Waals surface area (Å²) in [5.41, 5.74) is 0.413. The molecule has 2 N–H and O–H groups in total. The van der Waals surface area contributed by atoms with Crippen LogP contribution in [0.15, 0.2) is 48.0 Å². The minimum Gasteiger partial charge on any atom is -0.490 e. The normalized spacial score (nSPS) is 14.6. The number of methoxy groups -OCH3 is 1. The number of urea groups is 1. The lowest BCUT2D eigenvalue weighted by atomic mass is 10.1. The molecule has 0 atom stereocenters. The van der Waals surface area contributed by atoms with Gasteiger partial charge in [0.25, 0.3) is 11.8 Å². The molecule has 1 fully saturated rings. The molecular formula is C23H20N2O9. The Morgan fingerprint density at radius 1 is 1.03 bits per heavy atom. The number of hydrogen-bond donors (Lipinski definition) is 2. The fourth-order valence-corrected chi connectivity index (χ4v) is 3.06. The van der Waals surface area contributed by atoms with Crippen LogP contribution in [0.1, 0.15) is 22.8 Å². The van der Waals surface area contributed by atoms with Crippen molar-refractivity contribution >= 4 is 41.5 Å². The van der Waals surface area contributed by atoms with Crippen LogP contribution < -0.4 is 19.7 Å². The monoisotopic (exact) mass is 468 g/mol. The molecule has 1 aliphatic rings. The number of rotatable bonds is 8. The summed E-state index contributed by atoms with van der Waals surface area (Å²) in [6, 6.07) is 8.99. The topological polar surface area (TPSA) is 149 Å². The average Bonchev–Trinajstić information content (AvgIpc) is 2.81. The number of imide groups is 2. The lowest BCUT2D eigenvalue weighted by Crippen LogP contribution is -2.54. The summed E-state index contributed by atoms with van der Waals surface area (Å²) in [5, 5.41) is 10.9. The van der Waals surface area contributed by atoms with E-state index in [9.17, 15) is 24.0 Å². The first-order valence-corrected chi connectivity index (χ1v) is 9.96. The van der Waals surface area contributed by atoms with Gasteiger partial charge in [0.15, 0.2) is 18.1 Å². The molecule has 4 amide bonds. The van der Waals surface area contributed by atoms with Gasteiger partial charge in [-0.2, -0.15) is 0 Å². The van der Waals surface area contributed by atoms with Gasteiger partial charge in [0.05, 0.1) is 25.0 Å². The van der Waals surface area contributed by atoms with Crippen molar-refractivity contribution < 1.29 is 43.3 Å². The largest absolute Gasteiger partial charge is 0.490 e. The third-order valence-electron chi connectivity index (χ3n) is 4.58. The molecule has 0 spiro atoms. The SMILES string of the molecule is CCOc1cc(/C=C2/C(=O)NC(=O)N(c3ccc(C(=O)OC)cc3)C2=O)ccc1OCC(=O)O. The van der Waals surface area contributed by atoms with Crippen molar-refractivity contribution in [1.82, 2.24) is 5.32 Å². The van der Waals surface area contributed by atoms with E-state index in [0.29, 0.717) is 5.56 Å². The summed E-state index contributed by atoms with van der Waals surface area (Å²) < 4.78 is 15.3. The number of nitrogens with zero attached hydrogens (tertiary/aromatic N) is 1. The van der Waals surface area contributed by atoms with Crippen molar-refractivity contribution in [3.8, 4) is 11.5 Å². The molecule has 34 heavy (non-hydrogen) atoms. The van der Waals surface area contributed by atoms with Crippen LogP contribution in [0.4, 0.5) is 10.5 Å². The van der Waals surface area contributed by atoms with Gasteiger partial charge in [-0.1, -0.05) is 6.07 Å². The van der Waals surface area contributed by atoms with Gasteiger partial charge in [-0.15, -0.1) is 0 Å². The van der Waals surface area contributed by atoms with Gasteiger partial charge in [0.2, 0.25) is 0 Å². The van der Waals surface area contributed by atoms with E-state index in [1.165, 1.54) is 55.7 Å². The van der Waals surface area contributed by atoms with Crippen LogP contribution >= 0.6 is 0 Å². The van der Waals surface area contributed by atoms with Crippen molar-refractivity contribution in [2.45, 2.75) is 6.92 Å². The molecule has 176 valence electrons. The molecule has 11 heteroatoms. The minimum atomic E-state index is -1.16. The quantitative estimate of drug-likeness (QED) is 0.337. The molecule has 2 aromatic rings. The van der Waals surface area contributed by atoms with Crippen molar-refractivity contribution in [2.24, 2.45) is 0 Å². The number of carbonyl (C=O) groups is 5. The van der Waals surface area contributed by atoms with Crippen LogP contribution in [-0.4, -0.2) is 55.2 Å². The number of anilines is 1. The number of carboxylic acids is 1. The van der Waals surface area contributed by atoms with Gasteiger partial charge in [-0.05, 0) is 55.0 Å². The number of aliphatic carboxylic acids is 1. The summed E-state index contributed by atoms with van der Waals surface area (Å²) in [6.07, 6.45) is 1.27. The van der Waals surface area contributed by atoms with Gasteiger partial charge < -0.3 is 19.3 Å². The molecule has 1 saturated heterocycles. The van der Waals surface area contributed by atoms with Gasteiger partial charge in [-0.25, -0.2) is 19.3 Å². The molecular weight excluding hydrogens is 448 g/mol. The van der Waals surface area contributed by atoms with E-state index in [4.69, 9.17) is 14.6 Å². The highest BCUT2D eigenvalue weighted by Crippen LogP contribution is 2.30. The van der Waals surface area contributed by atoms with E-state index in [0.717, 1.165) is 4.90 Å². The van der Waals surface area contributed by atoms with E-state index >= 15 is 0 Å². The van der Waals surface area contributed by atoms with E-state index in [-0.39, 0.29) is 34.9 Å². The number of amides is 4. The summed E-state index contributed by atoms with van der Waals surface area (Å²) in [4.78, 5) is 61.0. The van der Waals surface area contributed by atoms with Crippen molar-refractivity contribution in [3.05, 3.63) is 59.2 Å². The molecule has 0 bridgehead atoms. The Balaban J connectivity index is 1.93. The highest BCUT2D eigenvalue weighted by molar-refractivity contribution is 6.39. The predicted molar refractivity (Wildman–Crippen MR) is 118 cm³/mol. The second kappa shape index (κ2) is 10.3. The minimum absolute atomic E-state index is 0.140. The molecule has 0 saturated carbocycles. The number of ether oxygens (including phenoxy) is 3. The zero-order valence-electron chi connectivity index (χ0n) is 18.2. The first-order chi connectivity index (χ1) is 16.2. The Hall–Kier alpha value is -4.67. The third kappa shape index (κ3) is 5.21. The number of carbonyl (C=O) groups excluding carboxylic acids is 4. The summed E-state index contributed by atoms with van der Waals surface area (Å²) in [5.74, 6) is -3.12. The molecule has 0 aromatic heterocycles. The lowest BCUT2D eigenvalue weighted by molar-refractivity contribution is -0.139. The number of esters is 1. The highest BCUT2D eigenvalue weighted by atomic mass is 16.5. The molecule has 0 aliphatic carbocycles. The highest BCUT2D eigenvalue weighted by Gasteiger charge is 2.36. The molecule has 2 aromatic carbocycles. The van der Waals surface area contributed by atoms with Crippen molar-refractivity contribution in [2.75, 3.05) is 25.2 Å². The maximum atomic E-state index is 13.0.